The van der Waals surface area contributed by atoms with Crippen LogP contribution < -0.4 is 0 Å². The second-order valence-corrected chi connectivity index (χ2v) is 11.1. The van der Waals surface area contributed by atoms with Crippen molar-refractivity contribution in [2.75, 3.05) is 0 Å². The minimum Gasteiger partial charge on any atom is -0.309 e. The Kier molecular flexibility index (Phi) is 4.39. The number of imidazole rings is 1. The van der Waals surface area contributed by atoms with Crippen LogP contribution in [0.4, 0.5) is 0 Å². The number of hydrogen-bond donors (Lipinski definition) is 0. The Balaban J connectivity index is 1.51. The van der Waals surface area contributed by atoms with Crippen molar-refractivity contribution >= 4 is 70.9 Å². The molecule has 0 N–H and O–H groups in total. The Bertz CT molecular complexity index is 2710. The number of fused-ring (bicyclic) bond motifs is 14. The van der Waals surface area contributed by atoms with Gasteiger partial charge in [0.25, 0.3) is 0 Å². The van der Waals surface area contributed by atoms with Gasteiger partial charge in [0.15, 0.2) is 0 Å². The molecule has 0 aliphatic heterocycles. The minimum atomic E-state index is 0.934. The molecule has 0 spiro atoms. The summed E-state index contributed by atoms with van der Waals surface area (Å²) < 4.78 is 7.00. The molecule has 0 saturated heterocycles. The first-order chi connectivity index (χ1) is 21.4. The highest BCUT2D eigenvalue weighted by molar-refractivity contribution is 6.33. The molecule has 43 heavy (non-hydrogen) atoms. The monoisotopic (exact) mass is 549 g/mol. The summed E-state index contributed by atoms with van der Waals surface area (Å²) >= 11 is 0. The lowest BCUT2D eigenvalue weighted by Crippen LogP contribution is -1.97. The zero-order valence-corrected chi connectivity index (χ0v) is 23.0. The van der Waals surface area contributed by atoms with Gasteiger partial charge in [-0.05, 0) is 53.9 Å². The van der Waals surface area contributed by atoms with Gasteiger partial charge in [-0.2, -0.15) is 0 Å². The Morgan fingerprint density at radius 1 is 0.442 bits per heavy atom. The van der Waals surface area contributed by atoms with E-state index >= 15 is 0 Å². The van der Waals surface area contributed by atoms with Crippen molar-refractivity contribution in [3.05, 3.63) is 140 Å². The third kappa shape index (κ3) is 2.90. The quantitative estimate of drug-likeness (QED) is 0.202. The van der Waals surface area contributed by atoms with Crippen molar-refractivity contribution in [1.82, 2.24) is 23.5 Å². The number of pyridine rings is 2. The van der Waals surface area contributed by atoms with E-state index in [2.05, 4.69) is 134 Å². The number of aromatic nitrogens is 5. The highest BCUT2D eigenvalue weighted by atomic mass is 15.0. The van der Waals surface area contributed by atoms with Gasteiger partial charge >= 0.3 is 0 Å². The van der Waals surface area contributed by atoms with Crippen molar-refractivity contribution in [2.24, 2.45) is 0 Å². The zero-order chi connectivity index (χ0) is 28.1. The molecule has 0 radical (unpaired) electrons. The predicted molar refractivity (Wildman–Crippen MR) is 177 cm³/mol. The molecule has 0 bridgehead atoms. The lowest BCUT2D eigenvalue weighted by atomic mass is 10.0. The van der Waals surface area contributed by atoms with E-state index in [1.165, 1.54) is 43.5 Å². The van der Waals surface area contributed by atoms with E-state index in [0.717, 1.165) is 38.8 Å². The van der Waals surface area contributed by atoms with Crippen LogP contribution in [0.5, 0.6) is 0 Å². The molecule has 5 heterocycles. The van der Waals surface area contributed by atoms with E-state index in [4.69, 9.17) is 4.98 Å². The minimum absolute atomic E-state index is 0.934. The largest absolute Gasteiger partial charge is 0.309 e. The van der Waals surface area contributed by atoms with E-state index in [1.807, 2.05) is 24.8 Å². The van der Waals surface area contributed by atoms with Crippen molar-refractivity contribution in [3.63, 3.8) is 0 Å². The van der Waals surface area contributed by atoms with Crippen molar-refractivity contribution in [2.45, 2.75) is 0 Å². The van der Waals surface area contributed by atoms with E-state index in [1.54, 1.807) is 0 Å². The number of rotatable bonds is 2. The summed E-state index contributed by atoms with van der Waals surface area (Å²) in [6.45, 7) is 0. The van der Waals surface area contributed by atoms with E-state index in [0.29, 0.717) is 0 Å². The first kappa shape index (κ1) is 22.7. The van der Waals surface area contributed by atoms with E-state index < -0.39 is 0 Å². The molecular weight excluding hydrogens is 526 g/mol. The molecule has 5 aromatic heterocycles. The first-order valence-corrected chi connectivity index (χ1v) is 14.5. The van der Waals surface area contributed by atoms with Gasteiger partial charge in [-0.1, -0.05) is 66.7 Å². The summed E-state index contributed by atoms with van der Waals surface area (Å²) in [5, 5.41) is 8.45. The second-order valence-electron chi connectivity index (χ2n) is 11.1. The molecule has 0 unspecified atom stereocenters. The van der Waals surface area contributed by atoms with Crippen LogP contribution in [-0.2, 0) is 0 Å². The number of para-hydroxylation sites is 3. The lowest BCUT2D eigenvalue weighted by molar-refractivity contribution is 1.17. The number of nitrogens with zero attached hydrogens (tertiary/aromatic N) is 5. The van der Waals surface area contributed by atoms with Crippen LogP contribution in [-0.4, -0.2) is 23.5 Å². The molecule has 0 aliphatic rings. The van der Waals surface area contributed by atoms with Crippen LogP contribution in [0.15, 0.2) is 140 Å². The van der Waals surface area contributed by atoms with E-state index in [9.17, 15) is 0 Å². The molecule has 5 aromatic carbocycles. The standard InChI is InChI=1S/C38H23N5/c1-3-9-24(10-4-1)42-30-14-8-7-13-28(30)34-31(42)17-18-32-35(34)29-16-15-27-26-19-20-39-23-33(26)41-22-21-40-38(41)36(27)37(29)43(32)25-11-5-2-6-12-25/h1-23H. The SMILES string of the molecule is c1ccc(-n2c3ccccc3c3c4c5ccc6c7ccncc7n7ccnc7c6c5n(-c5ccccc5)c4ccc32)cc1. The topological polar surface area (TPSA) is 40.1 Å². The highest BCUT2D eigenvalue weighted by Crippen LogP contribution is 2.45. The van der Waals surface area contributed by atoms with Gasteiger partial charge in [-0.3, -0.25) is 9.38 Å². The van der Waals surface area contributed by atoms with Gasteiger partial charge in [0.2, 0.25) is 0 Å². The van der Waals surface area contributed by atoms with Crippen LogP contribution in [0.3, 0.4) is 0 Å². The van der Waals surface area contributed by atoms with Gasteiger partial charge in [-0.25, -0.2) is 4.98 Å². The molecule has 5 nitrogen and oxygen atoms in total. The molecule has 0 aliphatic carbocycles. The molecule has 10 aromatic rings. The van der Waals surface area contributed by atoms with Crippen LogP contribution in [0.2, 0.25) is 0 Å². The Labute approximate surface area is 245 Å². The normalized spacial score (nSPS) is 12.2. The maximum absolute atomic E-state index is 4.93. The Hall–Kier alpha value is -5.94. The molecule has 10 rings (SSSR count). The van der Waals surface area contributed by atoms with Gasteiger partial charge in [-0.15, -0.1) is 0 Å². The molecule has 0 saturated carbocycles. The summed E-state index contributed by atoms with van der Waals surface area (Å²) in [4.78, 5) is 9.37. The average Bonchev–Trinajstić information content (AvgIpc) is 3.78. The van der Waals surface area contributed by atoms with Crippen LogP contribution in [0.1, 0.15) is 0 Å². The summed E-state index contributed by atoms with van der Waals surface area (Å²) in [6, 6.07) is 41.4. The maximum atomic E-state index is 4.93. The van der Waals surface area contributed by atoms with Crippen LogP contribution in [0, 0.1) is 0 Å². The molecular formula is C38H23N5. The fourth-order valence-corrected chi connectivity index (χ4v) is 7.29. The smallest absolute Gasteiger partial charge is 0.147 e. The summed E-state index contributed by atoms with van der Waals surface area (Å²) in [7, 11) is 0. The van der Waals surface area contributed by atoms with Gasteiger partial charge in [0.05, 0.1) is 39.2 Å². The van der Waals surface area contributed by atoms with Crippen molar-refractivity contribution in [1.29, 1.82) is 0 Å². The third-order valence-electron chi connectivity index (χ3n) is 8.97. The third-order valence-corrected chi connectivity index (χ3v) is 8.97. The summed E-state index contributed by atoms with van der Waals surface area (Å²) in [5.41, 5.74) is 9.01. The van der Waals surface area contributed by atoms with Crippen molar-refractivity contribution in [3.8, 4) is 11.4 Å². The van der Waals surface area contributed by atoms with Gasteiger partial charge in [0.1, 0.15) is 5.65 Å². The number of benzene rings is 5. The Morgan fingerprint density at radius 2 is 1.12 bits per heavy atom. The fourth-order valence-electron chi connectivity index (χ4n) is 7.29. The van der Waals surface area contributed by atoms with Crippen LogP contribution >= 0.6 is 0 Å². The van der Waals surface area contributed by atoms with Gasteiger partial charge in [0, 0.05) is 56.9 Å². The lowest BCUT2D eigenvalue weighted by Gasteiger charge is -2.12. The summed E-state index contributed by atoms with van der Waals surface area (Å²) in [6.07, 6.45) is 7.74. The van der Waals surface area contributed by atoms with Crippen molar-refractivity contribution < 1.29 is 0 Å². The highest BCUT2D eigenvalue weighted by Gasteiger charge is 2.23. The average molecular weight is 550 g/mol. The fraction of sp³-hybridized carbons (Fsp3) is 0. The molecule has 200 valence electrons. The first-order valence-electron chi connectivity index (χ1n) is 14.5. The van der Waals surface area contributed by atoms with Gasteiger partial charge < -0.3 is 9.13 Å². The predicted octanol–water partition coefficient (Wildman–Crippen LogP) is 9.23. The maximum Gasteiger partial charge on any atom is 0.147 e. The summed E-state index contributed by atoms with van der Waals surface area (Å²) in [5.74, 6) is 0. The molecule has 0 fully saturated rings. The molecule has 5 heteroatoms. The Morgan fingerprint density at radius 3 is 1.93 bits per heavy atom. The zero-order valence-electron chi connectivity index (χ0n) is 23.0. The second kappa shape index (κ2) is 8.30. The van der Waals surface area contributed by atoms with E-state index in [-0.39, 0.29) is 0 Å². The molecule has 0 atom stereocenters. The number of hydrogen-bond acceptors (Lipinski definition) is 2. The van der Waals surface area contributed by atoms with Crippen LogP contribution in [0.25, 0.3) is 82.3 Å². The molecule has 0 amide bonds.